The molecule has 0 spiro atoms. The molecule has 0 fully saturated rings. The third kappa shape index (κ3) is 9.92. The van der Waals surface area contributed by atoms with E-state index in [0.717, 1.165) is 0 Å². The predicted octanol–water partition coefficient (Wildman–Crippen LogP) is 2.18. The van der Waals surface area contributed by atoms with Crippen LogP contribution >= 0.6 is 0 Å². The Labute approximate surface area is 139 Å². The highest BCUT2D eigenvalue weighted by Gasteiger charge is 2.27. The van der Waals surface area contributed by atoms with Gasteiger partial charge in [0.1, 0.15) is 12.1 Å². The van der Waals surface area contributed by atoms with E-state index in [0.29, 0.717) is 19.3 Å². The minimum Gasteiger partial charge on any atom is -0.480 e. The SMILES string of the molecule is CC(C)CC(=O)N[C@@H](CC(C)C)C(=O)N[C@@H](CC(C)C)C(=O)O. The zero-order chi connectivity index (χ0) is 18.2. The van der Waals surface area contributed by atoms with Crippen LogP contribution in [0.15, 0.2) is 0 Å². The molecule has 134 valence electrons. The quantitative estimate of drug-likeness (QED) is 0.573. The monoisotopic (exact) mass is 328 g/mol. The molecule has 0 saturated carbocycles. The summed E-state index contributed by atoms with van der Waals surface area (Å²) in [4.78, 5) is 35.6. The number of aliphatic carboxylic acids is 1. The van der Waals surface area contributed by atoms with Gasteiger partial charge in [0, 0.05) is 6.42 Å². The molecule has 0 aromatic carbocycles. The number of carboxylic acid groups (broad SMARTS) is 1. The zero-order valence-corrected chi connectivity index (χ0v) is 15.2. The second-order valence-corrected chi connectivity index (χ2v) is 7.38. The van der Waals surface area contributed by atoms with Crippen LogP contribution in [-0.4, -0.2) is 35.0 Å². The van der Waals surface area contributed by atoms with Crippen molar-refractivity contribution < 1.29 is 19.5 Å². The van der Waals surface area contributed by atoms with Crippen molar-refractivity contribution in [3.8, 4) is 0 Å². The molecule has 2 amide bonds. The van der Waals surface area contributed by atoms with Gasteiger partial charge in [-0.3, -0.25) is 9.59 Å². The number of carbonyl (C=O) groups excluding carboxylic acids is 2. The topological polar surface area (TPSA) is 95.5 Å². The summed E-state index contributed by atoms with van der Waals surface area (Å²) in [6.45, 7) is 11.6. The van der Waals surface area contributed by atoms with E-state index < -0.39 is 24.0 Å². The van der Waals surface area contributed by atoms with Gasteiger partial charge in [0.25, 0.3) is 0 Å². The van der Waals surface area contributed by atoms with Crippen molar-refractivity contribution in [2.45, 2.75) is 72.9 Å². The Kier molecular flexibility index (Phi) is 9.53. The molecule has 6 heteroatoms. The van der Waals surface area contributed by atoms with Gasteiger partial charge in [-0.1, -0.05) is 41.5 Å². The fourth-order valence-electron chi connectivity index (χ4n) is 2.29. The van der Waals surface area contributed by atoms with E-state index in [1.807, 2.05) is 41.5 Å². The summed E-state index contributed by atoms with van der Waals surface area (Å²) in [6, 6.07) is -1.63. The van der Waals surface area contributed by atoms with E-state index in [9.17, 15) is 19.5 Å². The first kappa shape index (κ1) is 21.4. The summed E-state index contributed by atoms with van der Waals surface area (Å²) in [5, 5.41) is 14.5. The largest absolute Gasteiger partial charge is 0.480 e. The van der Waals surface area contributed by atoms with Crippen LogP contribution in [0.4, 0.5) is 0 Å². The molecule has 0 unspecified atom stereocenters. The first-order chi connectivity index (χ1) is 10.5. The molecule has 0 aromatic heterocycles. The van der Waals surface area contributed by atoms with Crippen LogP contribution in [0.3, 0.4) is 0 Å². The average molecular weight is 328 g/mol. The van der Waals surface area contributed by atoms with Crippen molar-refractivity contribution in [3.63, 3.8) is 0 Å². The first-order valence-corrected chi connectivity index (χ1v) is 8.35. The molecule has 2 atom stereocenters. The van der Waals surface area contributed by atoms with Gasteiger partial charge in [-0.05, 0) is 30.6 Å². The highest BCUT2D eigenvalue weighted by molar-refractivity contribution is 5.90. The summed E-state index contributed by atoms with van der Waals surface area (Å²) in [6.07, 6.45) is 1.18. The minimum absolute atomic E-state index is 0.149. The number of hydrogen-bond acceptors (Lipinski definition) is 3. The predicted molar refractivity (Wildman–Crippen MR) is 89.9 cm³/mol. The number of carbonyl (C=O) groups is 3. The lowest BCUT2D eigenvalue weighted by molar-refractivity contribution is -0.142. The van der Waals surface area contributed by atoms with Crippen molar-refractivity contribution in [2.75, 3.05) is 0 Å². The maximum absolute atomic E-state index is 12.4. The van der Waals surface area contributed by atoms with E-state index in [1.54, 1.807) is 0 Å². The highest BCUT2D eigenvalue weighted by atomic mass is 16.4. The van der Waals surface area contributed by atoms with Crippen molar-refractivity contribution in [2.24, 2.45) is 17.8 Å². The Hall–Kier alpha value is -1.59. The number of nitrogens with one attached hydrogen (secondary N) is 2. The van der Waals surface area contributed by atoms with Crippen LogP contribution in [0, 0.1) is 17.8 Å². The Bertz CT molecular complexity index is 405. The molecule has 0 saturated heterocycles. The van der Waals surface area contributed by atoms with E-state index in [-0.39, 0.29) is 23.7 Å². The summed E-state index contributed by atoms with van der Waals surface area (Å²) >= 11 is 0. The van der Waals surface area contributed by atoms with Crippen LogP contribution in [0.5, 0.6) is 0 Å². The molecule has 0 radical (unpaired) electrons. The number of carboxylic acids is 1. The first-order valence-electron chi connectivity index (χ1n) is 8.35. The third-order valence-corrected chi connectivity index (χ3v) is 3.27. The van der Waals surface area contributed by atoms with Crippen LogP contribution in [0.2, 0.25) is 0 Å². The lowest BCUT2D eigenvalue weighted by Crippen LogP contribution is -2.52. The van der Waals surface area contributed by atoms with Gasteiger partial charge in [-0.2, -0.15) is 0 Å². The lowest BCUT2D eigenvalue weighted by atomic mass is 10.00. The molecule has 0 aliphatic rings. The maximum Gasteiger partial charge on any atom is 0.326 e. The van der Waals surface area contributed by atoms with Crippen LogP contribution in [0.1, 0.15) is 60.8 Å². The van der Waals surface area contributed by atoms with E-state index in [4.69, 9.17) is 0 Å². The van der Waals surface area contributed by atoms with Crippen molar-refractivity contribution >= 4 is 17.8 Å². The average Bonchev–Trinajstić information content (AvgIpc) is 2.34. The molecule has 0 aliphatic heterocycles. The van der Waals surface area contributed by atoms with E-state index >= 15 is 0 Å². The van der Waals surface area contributed by atoms with Crippen LogP contribution < -0.4 is 10.6 Å². The molecule has 0 bridgehead atoms. The molecule has 0 aliphatic carbocycles. The van der Waals surface area contributed by atoms with Crippen LogP contribution in [-0.2, 0) is 14.4 Å². The van der Waals surface area contributed by atoms with Crippen molar-refractivity contribution in [3.05, 3.63) is 0 Å². The molecule has 23 heavy (non-hydrogen) atoms. The third-order valence-electron chi connectivity index (χ3n) is 3.27. The van der Waals surface area contributed by atoms with Gasteiger partial charge >= 0.3 is 5.97 Å². The summed E-state index contributed by atoms with van der Waals surface area (Å²) in [5.74, 6) is -1.11. The summed E-state index contributed by atoms with van der Waals surface area (Å²) in [5.41, 5.74) is 0. The Morgan fingerprint density at radius 2 is 1.26 bits per heavy atom. The molecular weight excluding hydrogens is 296 g/mol. The number of hydrogen-bond donors (Lipinski definition) is 3. The standard InChI is InChI=1S/C17H32N2O4/c1-10(2)7-13(18-15(20)9-12(5)6)16(21)19-14(17(22)23)8-11(3)4/h10-14H,7-9H2,1-6H3,(H,18,20)(H,19,21)(H,22,23)/t13-,14-/m0/s1. The molecule has 6 nitrogen and oxygen atoms in total. The fourth-order valence-corrected chi connectivity index (χ4v) is 2.29. The lowest BCUT2D eigenvalue weighted by Gasteiger charge is -2.23. The molecule has 3 N–H and O–H groups in total. The molecular formula is C17H32N2O4. The zero-order valence-electron chi connectivity index (χ0n) is 15.2. The second-order valence-electron chi connectivity index (χ2n) is 7.38. The van der Waals surface area contributed by atoms with Gasteiger partial charge in [0.15, 0.2) is 0 Å². The molecule has 0 aromatic rings. The second kappa shape index (κ2) is 10.2. The normalized spacial score (nSPS) is 14.0. The Balaban J connectivity index is 4.90. The van der Waals surface area contributed by atoms with Crippen molar-refractivity contribution in [1.82, 2.24) is 10.6 Å². The summed E-state index contributed by atoms with van der Waals surface area (Å²) in [7, 11) is 0. The smallest absolute Gasteiger partial charge is 0.326 e. The highest BCUT2D eigenvalue weighted by Crippen LogP contribution is 2.09. The number of rotatable bonds is 10. The summed E-state index contributed by atoms with van der Waals surface area (Å²) < 4.78 is 0. The fraction of sp³-hybridized carbons (Fsp3) is 0.824. The van der Waals surface area contributed by atoms with Gasteiger partial charge in [0.05, 0.1) is 0 Å². The molecule has 0 rings (SSSR count). The van der Waals surface area contributed by atoms with Crippen molar-refractivity contribution in [1.29, 1.82) is 0 Å². The van der Waals surface area contributed by atoms with E-state index in [1.165, 1.54) is 0 Å². The van der Waals surface area contributed by atoms with Gasteiger partial charge < -0.3 is 15.7 Å². The maximum atomic E-state index is 12.4. The van der Waals surface area contributed by atoms with Gasteiger partial charge in [-0.25, -0.2) is 4.79 Å². The van der Waals surface area contributed by atoms with Gasteiger partial charge in [-0.15, -0.1) is 0 Å². The Morgan fingerprint density at radius 1 is 0.783 bits per heavy atom. The Morgan fingerprint density at radius 3 is 1.65 bits per heavy atom. The number of amides is 2. The van der Waals surface area contributed by atoms with E-state index in [2.05, 4.69) is 10.6 Å². The molecule has 0 heterocycles. The minimum atomic E-state index is -1.05. The van der Waals surface area contributed by atoms with Gasteiger partial charge in [0.2, 0.25) is 11.8 Å². The van der Waals surface area contributed by atoms with Crippen LogP contribution in [0.25, 0.3) is 0 Å².